The van der Waals surface area contributed by atoms with Crippen molar-refractivity contribution in [1.82, 2.24) is 15.2 Å². The second-order valence-corrected chi connectivity index (χ2v) is 9.79. The Morgan fingerprint density at radius 3 is 2.78 bits per heavy atom. The van der Waals surface area contributed by atoms with Gasteiger partial charge in [0, 0.05) is 23.5 Å². The molecule has 2 aromatic heterocycles. The van der Waals surface area contributed by atoms with Crippen LogP contribution in [0.5, 0.6) is 0 Å². The number of carbonyl (C=O) groups excluding carboxylic acids is 3. The normalized spacial score (nSPS) is 22.9. The predicted molar refractivity (Wildman–Crippen MR) is 132 cm³/mol. The van der Waals surface area contributed by atoms with E-state index in [0.29, 0.717) is 17.9 Å². The van der Waals surface area contributed by atoms with Crippen molar-refractivity contribution in [1.29, 1.82) is 0 Å². The third kappa shape index (κ3) is 5.05. The van der Waals surface area contributed by atoms with Gasteiger partial charge in [-0.3, -0.25) is 14.5 Å². The lowest BCUT2D eigenvalue weighted by molar-refractivity contribution is -0.689. The topological polar surface area (TPSA) is 154 Å². The Hall–Kier alpha value is -4.19. The Kier molecular flexibility index (Phi) is 6.91. The van der Waals surface area contributed by atoms with Crippen LogP contribution in [-0.4, -0.2) is 56.7 Å². The van der Waals surface area contributed by atoms with Crippen LogP contribution >= 0.6 is 11.8 Å². The van der Waals surface area contributed by atoms with Crippen molar-refractivity contribution < 1.29 is 28.9 Å². The van der Waals surface area contributed by atoms with E-state index < -0.39 is 29.2 Å². The highest BCUT2D eigenvalue weighted by Crippen LogP contribution is 2.40. The zero-order chi connectivity index (χ0) is 25.9. The summed E-state index contributed by atoms with van der Waals surface area (Å²) in [6.45, 7) is 0.301. The molecule has 5 rings (SSSR count). The maximum absolute atomic E-state index is 13.3. The summed E-state index contributed by atoms with van der Waals surface area (Å²) in [6.07, 6.45) is 8.76. The molecular weight excluding hydrogens is 496 g/mol. The summed E-state index contributed by atoms with van der Waals surface area (Å²) >= 11 is 1.37. The van der Waals surface area contributed by atoms with E-state index in [1.165, 1.54) is 16.7 Å². The standard InChI is InChI=1S/C25H24N6O5S/c26-18-10-6-9-17(27-18)19(29-36-16-7-2-3-8-16)22(32)28-20-23(33)31-21(25(34)35)15(14-37-24(20)31)13-30-11-4-1-5-12-30/h1-2,4-7,9-12,16,20,24H,3,8,13-14H2,(H3-,26,27,28,32,34,35)/b29-19-/t16?,20?,24-/m1/s1. The molecule has 2 amide bonds. The van der Waals surface area contributed by atoms with Gasteiger partial charge in [0.05, 0.1) is 11.7 Å². The number of hydrogen-bond donors (Lipinski definition) is 2. The van der Waals surface area contributed by atoms with Crippen LogP contribution < -0.4 is 20.7 Å². The number of aliphatic carboxylic acids is 1. The van der Waals surface area contributed by atoms with Gasteiger partial charge in [0.2, 0.25) is 0 Å². The molecule has 2 unspecified atom stereocenters. The van der Waals surface area contributed by atoms with Gasteiger partial charge >= 0.3 is 0 Å². The SMILES string of the molecule is Nc1cccc(/C(=N/OC2C=CCC2)C(=O)NC2C(=O)N3C(C(=O)[O-])=C(C[n+]4ccccc4)CS[C@H]23)n1. The van der Waals surface area contributed by atoms with Crippen LogP contribution in [-0.2, 0) is 25.8 Å². The van der Waals surface area contributed by atoms with Gasteiger partial charge in [-0.05, 0) is 31.1 Å². The number of carbonyl (C=O) groups is 3. The molecule has 2 aromatic rings. The summed E-state index contributed by atoms with van der Waals surface area (Å²) < 4.78 is 1.82. The molecule has 4 heterocycles. The molecule has 1 saturated heterocycles. The van der Waals surface area contributed by atoms with E-state index in [9.17, 15) is 19.5 Å². The van der Waals surface area contributed by atoms with Crippen LogP contribution in [0, 0.1) is 0 Å². The average molecular weight is 521 g/mol. The molecule has 1 aliphatic carbocycles. The van der Waals surface area contributed by atoms with Crippen molar-refractivity contribution in [2.75, 3.05) is 11.5 Å². The molecule has 3 N–H and O–H groups in total. The molecule has 1 fully saturated rings. The highest BCUT2D eigenvalue weighted by Gasteiger charge is 2.53. The van der Waals surface area contributed by atoms with Crippen LogP contribution in [0.2, 0.25) is 0 Å². The summed E-state index contributed by atoms with van der Waals surface area (Å²) in [5.41, 5.74) is 6.26. The Labute approximate surface area is 216 Å². The molecule has 0 saturated carbocycles. The fraction of sp³-hybridized carbons (Fsp3) is 0.280. The van der Waals surface area contributed by atoms with E-state index >= 15 is 0 Å². The average Bonchev–Trinajstić information content (AvgIpc) is 3.41. The molecule has 3 atom stereocenters. The molecule has 190 valence electrons. The minimum atomic E-state index is -1.43. The number of nitrogens with one attached hydrogen (secondary N) is 1. The fourth-order valence-electron chi connectivity index (χ4n) is 4.36. The largest absolute Gasteiger partial charge is 0.543 e. The first kappa shape index (κ1) is 24.5. The van der Waals surface area contributed by atoms with Gasteiger partial charge in [0.15, 0.2) is 24.7 Å². The number of aromatic nitrogens is 2. The number of β-lactam (4-membered cyclic amide) rings is 1. The highest BCUT2D eigenvalue weighted by molar-refractivity contribution is 8.00. The molecular formula is C25H24N6O5S. The maximum Gasteiger partial charge on any atom is 0.276 e. The summed E-state index contributed by atoms with van der Waals surface area (Å²) in [7, 11) is 0. The van der Waals surface area contributed by atoms with Gasteiger partial charge < -0.3 is 25.8 Å². The van der Waals surface area contributed by atoms with Crippen molar-refractivity contribution in [3.63, 3.8) is 0 Å². The lowest BCUT2D eigenvalue weighted by Gasteiger charge is -2.50. The van der Waals surface area contributed by atoms with Crippen LogP contribution in [0.4, 0.5) is 5.82 Å². The number of pyridine rings is 2. The number of nitrogens with two attached hydrogens (primary N) is 1. The number of amides is 2. The molecule has 11 nitrogen and oxygen atoms in total. The van der Waals surface area contributed by atoms with Gasteiger partial charge in [-0.15, -0.1) is 11.8 Å². The Morgan fingerprint density at radius 2 is 2.08 bits per heavy atom. The number of oxime groups is 1. The maximum atomic E-state index is 13.3. The predicted octanol–water partition coefficient (Wildman–Crippen LogP) is -0.505. The van der Waals surface area contributed by atoms with Crippen molar-refractivity contribution in [2.24, 2.45) is 5.16 Å². The van der Waals surface area contributed by atoms with E-state index in [1.807, 2.05) is 47.3 Å². The number of fused-ring (bicyclic) bond motifs is 1. The smallest absolute Gasteiger partial charge is 0.276 e. The van der Waals surface area contributed by atoms with Crippen LogP contribution in [0.15, 0.2) is 77.4 Å². The Morgan fingerprint density at radius 1 is 1.27 bits per heavy atom. The van der Waals surface area contributed by atoms with E-state index in [1.54, 1.807) is 18.2 Å². The van der Waals surface area contributed by atoms with Crippen molar-refractivity contribution >= 4 is 41.1 Å². The Bertz CT molecular complexity index is 1330. The molecule has 0 aromatic carbocycles. The van der Waals surface area contributed by atoms with Gasteiger partial charge in [-0.2, -0.15) is 0 Å². The van der Waals surface area contributed by atoms with Crippen molar-refractivity contribution in [3.05, 3.63) is 77.9 Å². The van der Waals surface area contributed by atoms with Gasteiger partial charge in [0.25, 0.3) is 11.8 Å². The minimum Gasteiger partial charge on any atom is -0.543 e. The van der Waals surface area contributed by atoms with Crippen LogP contribution in [0.3, 0.4) is 0 Å². The molecule has 3 aliphatic rings. The first-order chi connectivity index (χ1) is 17.9. The molecule has 37 heavy (non-hydrogen) atoms. The van der Waals surface area contributed by atoms with Gasteiger partial charge in [-0.25, -0.2) is 9.55 Å². The summed E-state index contributed by atoms with van der Waals surface area (Å²) in [5.74, 6) is -2.09. The molecule has 0 radical (unpaired) electrons. The van der Waals surface area contributed by atoms with Crippen molar-refractivity contribution in [2.45, 2.75) is 36.9 Å². The zero-order valence-corrected chi connectivity index (χ0v) is 20.5. The summed E-state index contributed by atoms with van der Waals surface area (Å²) in [6, 6.07) is 9.35. The molecule has 2 aliphatic heterocycles. The highest BCUT2D eigenvalue weighted by atomic mass is 32.2. The first-order valence-electron chi connectivity index (χ1n) is 11.7. The number of anilines is 1. The number of rotatable bonds is 8. The van der Waals surface area contributed by atoms with E-state index in [4.69, 9.17) is 10.6 Å². The summed E-state index contributed by atoms with van der Waals surface area (Å²) in [5, 5.41) is 18.2. The number of carboxylic acids is 1. The lowest BCUT2D eigenvalue weighted by Crippen LogP contribution is -2.71. The number of nitrogen functional groups attached to an aromatic ring is 1. The van der Waals surface area contributed by atoms with E-state index in [-0.39, 0.29) is 29.0 Å². The number of thioether (sulfide) groups is 1. The quantitative estimate of drug-likeness (QED) is 0.155. The van der Waals surface area contributed by atoms with E-state index in [2.05, 4.69) is 15.5 Å². The monoisotopic (exact) mass is 520 g/mol. The van der Waals surface area contributed by atoms with Gasteiger partial charge in [-0.1, -0.05) is 23.4 Å². The second-order valence-electron chi connectivity index (χ2n) is 8.69. The van der Waals surface area contributed by atoms with Crippen LogP contribution in [0.1, 0.15) is 18.5 Å². The van der Waals surface area contributed by atoms with Crippen LogP contribution in [0.25, 0.3) is 0 Å². The molecule has 0 bridgehead atoms. The lowest BCUT2D eigenvalue weighted by atomic mass is 10.0. The third-order valence-corrected chi connectivity index (χ3v) is 7.49. The number of hydrogen-bond acceptors (Lipinski definition) is 9. The third-order valence-electron chi connectivity index (χ3n) is 6.15. The van der Waals surface area contributed by atoms with E-state index in [0.717, 1.165) is 12.8 Å². The second kappa shape index (κ2) is 10.4. The number of carboxylic acid groups (broad SMARTS) is 1. The number of nitrogens with zero attached hydrogens (tertiary/aromatic N) is 4. The minimum absolute atomic E-state index is 0.128. The fourth-order valence-corrected chi connectivity index (χ4v) is 5.70. The van der Waals surface area contributed by atoms with Gasteiger partial charge in [0.1, 0.15) is 29.0 Å². The molecule has 0 spiro atoms. The molecule has 12 heteroatoms. The first-order valence-corrected chi connectivity index (χ1v) is 12.7. The Balaban J connectivity index is 1.35. The number of allylic oxidation sites excluding steroid dienone is 1. The summed E-state index contributed by atoms with van der Waals surface area (Å²) in [4.78, 5) is 49.2. The zero-order valence-electron chi connectivity index (χ0n) is 19.6. The van der Waals surface area contributed by atoms with Crippen molar-refractivity contribution in [3.8, 4) is 0 Å².